The number of ether oxygens (including phenoxy) is 1. The molecule has 0 bridgehead atoms. The highest BCUT2D eigenvalue weighted by atomic mass is 16.5. The molecule has 0 radical (unpaired) electrons. The molecule has 1 heterocycles. The fourth-order valence-corrected chi connectivity index (χ4v) is 2.43. The molecule has 1 amide bonds. The van der Waals surface area contributed by atoms with Crippen LogP contribution in [0.2, 0.25) is 0 Å². The van der Waals surface area contributed by atoms with E-state index < -0.39 is 12.1 Å². The van der Waals surface area contributed by atoms with Crippen LogP contribution >= 0.6 is 0 Å². The molecule has 1 N–H and O–H groups in total. The molecular weight excluding hydrogens is 306 g/mol. The van der Waals surface area contributed by atoms with Crippen molar-refractivity contribution in [2.45, 2.75) is 46.8 Å². The Morgan fingerprint density at radius 1 is 1.12 bits per heavy atom. The lowest BCUT2D eigenvalue weighted by molar-refractivity contribution is -0.129. The molecule has 0 aliphatic heterocycles. The van der Waals surface area contributed by atoms with Gasteiger partial charge in [-0.05, 0) is 46.8 Å². The second-order valence-corrected chi connectivity index (χ2v) is 6.00. The zero-order valence-corrected chi connectivity index (χ0v) is 14.7. The maximum absolute atomic E-state index is 12.5. The Kier molecular flexibility index (Phi) is 5.39. The lowest BCUT2D eigenvalue weighted by atomic mass is 10.2. The van der Waals surface area contributed by atoms with Gasteiger partial charge in [-0.1, -0.05) is 18.2 Å². The van der Waals surface area contributed by atoms with Crippen LogP contribution in [0.5, 0.6) is 0 Å². The molecule has 128 valence electrons. The number of amides is 1. The summed E-state index contributed by atoms with van der Waals surface area (Å²) in [6, 6.07) is 9.53. The van der Waals surface area contributed by atoms with Crippen LogP contribution < -0.4 is 5.32 Å². The van der Waals surface area contributed by atoms with Crippen molar-refractivity contribution in [3.8, 4) is 5.69 Å². The van der Waals surface area contributed by atoms with Gasteiger partial charge in [0.25, 0.3) is 5.91 Å². The molecule has 0 spiro atoms. The third-order valence-electron chi connectivity index (χ3n) is 3.58. The Morgan fingerprint density at radius 2 is 1.75 bits per heavy atom. The van der Waals surface area contributed by atoms with Crippen LogP contribution in [0.3, 0.4) is 0 Å². The number of rotatable bonds is 5. The summed E-state index contributed by atoms with van der Waals surface area (Å²) in [5.74, 6) is -0.859. The average Bonchev–Trinajstić information content (AvgIpc) is 2.82. The standard InChI is InChI=1S/C18H23N3O3/c1-11(2)19-17(22)14(5)24-18(23)16-12(3)20-21(13(16)4)15-9-7-6-8-10-15/h6-11,14H,1-5H3,(H,19,22)/t14-/m0/s1. The molecule has 0 unspecified atom stereocenters. The first-order chi connectivity index (χ1) is 11.3. The van der Waals surface area contributed by atoms with Crippen LogP contribution in [-0.2, 0) is 9.53 Å². The number of carbonyl (C=O) groups excluding carboxylic acids is 2. The van der Waals surface area contributed by atoms with E-state index in [4.69, 9.17) is 4.74 Å². The van der Waals surface area contributed by atoms with Gasteiger partial charge in [0, 0.05) is 6.04 Å². The first-order valence-electron chi connectivity index (χ1n) is 7.94. The van der Waals surface area contributed by atoms with E-state index in [9.17, 15) is 9.59 Å². The van der Waals surface area contributed by atoms with E-state index in [1.54, 1.807) is 18.5 Å². The molecule has 6 nitrogen and oxygen atoms in total. The number of benzene rings is 1. The van der Waals surface area contributed by atoms with E-state index in [-0.39, 0.29) is 11.9 Å². The zero-order chi connectivity index (χ0) is 17.9. The Bertz CT molecular complexity index is 735. The van der Waals surface area contributed by atoms with E-state index in [1.807, 2.05) is 51.1 Å². The van der Waals surface area contributed by atoms with Crippen LogP contribution in [0.25, 0.3) is 5.69 Å². The SMILES string of the molecule is Cc1nn(-c2ccccc2)c(C)c1C(=O)O[C@@H](C)C(=O)NC(C)C. The minimum absolute atomic E-state index is 0.0112. The Hall–Kier alpha value is -2.63. The molecule has 0 aliphatic carbocycles. The summed E-state index contributed by atoms with van der Waals surface area (Å²) in [4.78, 5) is 24.4. The quantitative estimate of drug-likeness (QED) is 0.856. The Balaban J connectivity index is 2.22. The highest BCUT2D eigenvalue weighted by Crippen LogP contribution is 2.19. The molecule has 1 aromatic heterocycles. The number of hydrogen-bond acceptors (Lipinski definition) is 4. The fraction of sp³-hybridized carbons (Fsp3) is 0.389. The maximum Gasteiger partial charge on any atom is 0.342 e. The van der Waals surface area contributed by atoms with E-state index in [0.29, 0.717) is 17.0 Å². The largest absolute Gasteiger partial charge is 0.449 e. The van der Waals surface area contributed by atoms with E-state index in [0.717, 1.165) is 5.69 Å². The van der Waals surface area contributed by atoms with Gasteiger partial charge in [-0.2, -0.15) is 5.10 Å². The molecule has 6 heteroatoms. The smallest absolute Gasteiger partial charge is 0.342 e. The van der Waals surface area contributed by atoms with Crippen molar-refractivity contribution in [3.05, 3.63) is 47.3 Å². The summed E-state index contributed by atoms with van der Waals surface area (Å²) < 4.78 is 7.00. The second-order valence-electron chi connectivity index (χ2n) is 6.00. The van der Waals surface area contributed by atoms with Gasteiger partial charge in [0.1, 0.15) is 5.56 Å². The molecule has 1 aromatic carbocycles. The number of aromatic nitrogens is 2. The first-order valence-corrected chi connectivity index (χ1v) is 7.94. The predicted octanol–water partition coefficient (Wildman–Crippen LogP) is 2.56. The summed E-state index contributed by atoms with van der Waals surface area (Å²) in [5.41, 5.74) is 2.50. The first kappa shape index (κ1) is 17.7. The molecular formula is C18H23N3O3. The monoisotopic (exact) mass is 329 g/mol. The van der Waals surface area contributed by atoms with Crippen LogP contribution in [0.1, 0.15) is 42.5 Å². The van der Waals surface area contributed by atoms with Gasteiger partial charge in [-0.25, -0.2) is 9.48 Å². The fourth-order valence-electron chi connectivity index (χ4n) is 2.43. The number of para-hydroxylation sites is 1. The highest BCUT2D eigenvalue weighted by molar-refractivity contribution is 5.94. The zero-order valence-electron chi connectivity index (χ0n) is 14.7. The molecule has 0 saturated carbocycles. The normalized spacial score (nSPS) is 12.1. The highest BCUT2D eigenvalue weighted by Gasteiger charge is 2.25. The summed E-state index contributed by atoms with van der Waals surface area (Å²) in [5, 5.41) is 7.14. The number of esters is 1. The molecule has 0 fully saturated rings. The molecule has 2 aromatic rings. The third kappa shape index (κ3) is 3.82. The molecule has 1 atom stereocenters. The van der Waals surface area contributed by atoms with Crippen molar-refractivity contribution in [3.63, 3.8) is 0 Å². The number of carbonyl (C=O) groups is 2. The Labute approximate surface area is 141 Å². The lowest BCUT2D eigenvalue weighted by Crippen LogP contribution is -2.39. The van der Waals surface area contributed by atoms with Crippen molar-refractivity contribution in [2.24, 2.45) is 0 Å². The minimum atomic E-state index is -0.862. The lowest BCUT2D eigenvalue weighted by Gasteiger charge is -2.15. The molecule has 24 heavy (non-hydrogen) atoms. The van der Waals surface area contributed by atoms with E-state index >= 15 is 0 Å². The van der Waals surface area contributed by atoms with Gasteiger partial charge in [-0.15, -0.1) is 0 Å². The van der Waals surface area contributed by atoms with Crippen molar-refractivity contribution >= 4 is 11.9 Å². The van der Waals surface area contributed by atoms with Gasteiger partial charge in [-0.3, -0.25) is 4.79 Å². The third-order valence-corrected chi connectivity index (χ3v) is 3.58. The van der Waals surface area contributed by atoms with Crippen LogP contribution in [0.15, 0.2) is 30.3 Å². The molecule has 0 aliphatic rings. The predicted molar refractivity (Wildman–Crippen MR) is 91.2 cm³/mol. The van der Waals surface area contributed by atoms with Gasteiger partial charge in [0.15, 0.2) is 6.10 Å². The van der Waals surface area contributed by atoms with Gasteiger partial charge in [0.05, 0.1) is 17.1 Å². The maximum atomic E-state index is 12.5. The molecule has 0 saturated heterocycles. The number of nitrogens with zero attached hydrogens (tertiary/aromatic N) is 2. The number of hydrogen-bond donors (Lipinski definition) is 1. The van der Waals surface area contributed by atoms with E-state index in [2.05, 4.69) is 10.4 Å². The minimum Gasteiger partial charge on any atom is -0.449 e. The van der Waals surface area contributed by atoms with Crippen molar-refractivity contribution in [1.29, 1.82) is 0 Å². The van der Waals surface area contributed by atoms with Gasteiger partial charge < -0.3 is 10.1 Å². The van der Waals surface area contributed by atoms with E-state index in [1.165, 1.54) is 0 Å². The second kappa shape index (κ2) is 7.29. The number of aryl methyl sites for hydroxylation is 1. The van der Waals surface area contributed by atoms with Crippen LogP contribution in [0, 0.1) is 13.8 Å². The summed E-state index contributed by atoms with van der Waals surface area (Å²) in [6.45, 7) is 8.82. The number of nitrogens with one attached hydrogen (secondary N) is 1. The summed E-state index contributed by atoms with van der Waals surface area (Å²) in [6.07, 6.45) is -0.862. The van der Waals surface area contributed by atoms with Gasteiger partial charge >= 0.3 is 5.97 Å². The Morgan fingerprint density at radius 3 is 2.33 bits per heavy atom. The van der Waals surface area contributed by atoms with Crippen LogP contribution in [0.4, 0.5) is 0 Å². The van der Waals surface area contributed by atoms with Crippen molar-refractivity contribution in [1.82, 2.24) is 15.1 Å². The van der Waals surface area contributed by atoms with Crippen molar-refractivity contribution < 1.29 is 14.3 Å². The topological polar surface area (TPSA) is 73.2 Å². The summed E-state index contributed by atoms with van der Waals surface area (Å²) >= 11 is 0. The van der Waals surface area contributed by atoms with Crippen LogP contribution in [-0.4, -0.2) is 33.8 Å². The summed E-state index contributed by atoms with van der Waals surface area (Å²) in [7, 11) is 0. The van der Waals surface area contributed by atoms with Gasteiger partial charge in [0.2, 0.25) is 0 Å². The van der Waals surface area contributed by atoms with Crippen molar-refractivity contribution in [2.75, 3.05) is 0 Å². The molecule has 2 rings (SSSR count). The average molecular weight is 329 g/mol.